The Morgan fingerprint density at radius 2 is 1.79 bits per heavy atom. The summed E-state index contributed by atoms with van der Waals surface area (Å²) in [4.78, 5) is 30.6. The van der Waals surface area contributed by atoms with Crippen molar-refractivity contribution in [1.82, 2.24) is 15.1 Å². The van der Waals surface area contributed by atoms with E-state index in [4.69, 9.17) is 9.47 Å². The predicted octanol–water partition coefficient (Wildman–Crippen LogP) is 5.62. The van der Waals surface area contributed by atoms with E-state index in [0.717, 1.165) is 48.6 Å². The van der Waals surface area contributed by atoms with Gasteiger partial charge >= 0.3 is 6.09 Å². The second-order valence-electron chi connectivity index (χ2n) is 11.3. The van der Waals surface area contributed by atoms with Crippen LogP contribution in [0.15, 0.2) is 42.5 Å². The van der Waals surface area contributed by atoms with E-state index in [0.29, 0.717) is 25.3 Å². The molecule has 39 heavy (non-hydrogen) atoms. The van der Waals surface area contributed by atoms with Crippen molar-refractivity contribution in [2.75, 3.05) is 44.6 Å². The molecule has 0 aliphatic carbocycles. The van der Waals surface area contributed by atoms with E-state index >= 15 is 0 Å². The number of carbonyl (C=O) groups excluding carboxylic acids is 2. The van der Waals surface area contributed by atoms with Crippen LogP contribution < -0.4 is 15.4 Å². The molecule has 2 aromatic rings. The molecule has 3 atom stereocenters. The van der Waals surface area contributed by atoms with Gasteiger partial charge in [0.2, 0.25) is 0 Å². The van der Waals surface area contributed by atoms with Crippen LogP contribution in [0.2, 0.25) is 0 Å². The Hall–Kier alpha value is -3.26. The molecule has 2 amide bonds. The van der Waals surface area contributed by atoms with Gasteiger partial charge in [0.15, 0.2) is 0 Å². The summed E-state index contributed by atoms with van der Waals surface area (Å²) in [6, 6.07) is 13.8. The van der Waals surface area contributed by atoms with Gasteiger partial charge in [-0.2, -0.15) is 0 Å². The number of benzene rings is 2. The lowest BCUT2D eigenvalue weighted by molar-refractivity contribution is 0.0198. The minimum Gasteiger partial charge on any atom is -0.494 e. The van der Waals surface area contributed by atoms with Crippen molar-refractivity contribution in [2.45, 2.75) is 65.6 Å². The van der Waals surface area contributed by atoms with Crippen LogP contribution in [-0.4, -0.2) is 66.7 Å². The fraction of sp³-hybridized carbons (Fsp3) is 0.548. The summed E-state index contributed by atoms with van der Waals surface area (Å²) in [5.41, 5.74) is 3.05. The minimum atomic E-state index is -0.591. The molecule has 2 aliphatic rings. The third-order valence-electron chi connectivity index (χ3n) is 7.60. The lowest BCUT2D eigenvalue weighted by atomic mass is 9.79. The zero-order valence-corrected chi connectivity index (χ0v) is 24.3. The molecule has 1 fully saturated rings. The molecule has 8 heteroatoms. The first-order chi connectivity index (χ1) is 18.6. The maximum absolute atomic E-state index is 13.3. The second kappa shape index (κ2) is 12.3. The maximum Gasteiger partial charge on any atom is 0.410 e. The molecule has 0 saturated carbocycles. The van der Waals surface area contributed by atoms with E-state index in [1.54, 1.807) is 0 Å². The summed E-state index contributed by atoms with van der Waals surface area (Å²) in [6.07, 6.45) is 0.511. The maximum atomic E-state index is 13.3. The lowest BCUT2D eigenvalue weighted by Gasteiger charge is -2.40. The fourth-order valence-corrected chi connectivity index (χ4v) is 5.68. The molecule has 0 bridgehead atoms. The van der Waals surface area contributed by atoms with E-state index in [2.05, 4.69) is 41.5 Å². The molecule has 0 spiro atoms. The highest BCUT2D eigenvalue weighted by atomic mass is 16.6. The summed E-state index contributed by atoms with van der Waals surface area (Å²) in [5.74, 6) is 0.869. The molecule has 0 radical (unpaired) electrons. The molecular formula is C31H44N4O4. The highest BCUT2D eigenvalue weighted by Gasteiger charge is 2.47. The molecule has 0 aromatic heterocycles. The lowest BCUT2D eigenvalue weighted by Crippen LogP contribution is -2.40. The van der Waals surface area contributed by atoms with Crippen LogP contribution in [0.1, 0.15) is 81.5 Å². The summed E-state index contributed by atoms with van der Waals surface area (Å²) in [5, 5.41) is 6.79. The number of amides is 2. The van der Waals surface area contributed by atoms with Gasteiger partial charge in [-0.05, 0) is 88.7 Å². The Morgan fingerprint density at radius 1 is 1.08 bits per heavy atom. The van der Waals surface area contributed by atoms with Crippen LogP contribution in [0, 0.1) is 5.92 Å². The number of nitrogens with zero attached hydrogens (tertiary/aromatic N) is 2. The topological polar surface area (TPSA) is 83.1 Å². The largest absolute Gasteiger partial charge is 0.494 e. The first-order valence-electron chi connectivity index (χ1n) is 14.3. The first kappa shape index (κ1) is 28.7. The molecule has 1 saturated heterocycles. The van der Waals surface area contributed by atoms with Crippen molar-refractivity contribution < 1.29 is 19.1 Å². The third-order valence-corrected chi connectivity index (χ3v) is 7.60. The van der Waals surface area contributed by atoms with Gasteiger partial charge in [-0.15, -0.1) is 0 Å². The van der Waals surface area contributed by atoms with Crippen LogP contribution in [0.4, 0.5) is 10.5 Å². The van der Waals surface area contributed by atoms with Crippen molar-refractivity contribution in [3.05, 3.63) is 59.2 Å². The van der Waals surface area contributed by atoms with Gasteiger partial charge in [-0.1, -0.05) is 26.0 Å². The van der Waals surface area contributed by atoms with Crippen molar-refractivity contribution in [3.63, 3.8) is 0 Å². The number of likely N-dealkylation sites (N-methyl/N-ethyl adjacent to an activating group) is 1. The van der Waals surface area contributed by atoms with Crippen LogP contribution in [0.25, 0.3) is 0 Å². The molecular weight excluding hydrogens is 492 g/mol. The molecule has 4 rings (SSSR count). The molecule has 8 nitrogen and oxygen atoms in total. The van der Waals surface area contributed by atoms with Crippen molar-refractivity contribution in [1.29, 1.82) is 0 Å². The van der Waals surface area contributed by atoms with E-state index < -0.39 is 5.60 Å². The van der Waals surface area contributed by atoms with Crippen molar-refractivity contribution >= 4 is 17.7 Å². The van der Waals surface area contributed by atoms with Crippen LogP contribution in [0.3, 0.4) is 0 Å². The van der Waals surface area contributed by atoms with Gasteiger partial charge in [-0.3, -0.25) is 4.79 Å². The zero-order valence-electron chi connectivity index (χ0n) is 24.3. The third kappa shape index (κ3) is 6.67. The Labute approximate surface area is 233 Å². The minimum absolute atomic E-state index is 0.0133. The van der Waals surface area contributed by atoms with E-state index in [1.807, 2.05) is 62.9 Å². The van der Waals surface area contributed by atoms with Crippen molar-refractivity contribution in [2.24, 2.45) is 5.92 Å². The van der Waals surface area contributed by atoms with E-state index in [-0.39, 0.29) is 30.0 Å². The van der Waals surface area contributed by atoms with Gasteiger partial charge in [0.05, 0.1) is 18.7 Å². The standard InChI is InChI=1S/C31H44N4O4/c1-7-34(8-2)19-17-32-29(36)22-12-15-26-25(20-22)28-24(16-18-35(28)30(37)39-31(4,5)6)27(33-26)21-10-13-23(14-11-21)38-9-3/h10-15,20,24,27-28,33H,7-9,16-19H2,1-6H3,(H,32,36)/t24-,27?,28-/m0/s1. The predicted molar refractivity (Wildman–Crippen MR) is 154 cm³/mol. The van der Waals surface area contributed by atoms with Crippen molar-refractivity contribution in [3.8, 4) is 5.75 Å². The highest BCUT2D eigenvalue weighted by molar-refractivity contribution is 5.95. The van der Waals surface area contributed by atoms with Gasteiger partial charge in [-0.25, -0.2) is 4.79 Å². The SMILES string of the molecule is CCOc1ccc(C2Nc3ccc(C(=O)NCCN(CC)CC)cc3[C@@H]3[C@H]2CCN3C(=O)OC(C)(C)C)cc1. The van der Waals surface area contributed by atoms with Gasteiger partial charge in [0, 0.05) is 36.8 Å². The van der Waals surface area contributed by atoms with Crippen LogP contribution in [0.5, 0.6) is 5.75 Å². The Balaban J connectivity index is 1.63. The molecule has 2 N–H and O–H groups in total. The fourth-order valence-electron chi connectivity index (χ4n) is 5.68. The molecule has 2 aliphatic heterocycles. The van der Waals surface area contributed by atoms with E-state index in [1.165, 1.54) is 0 Å². The molecule has 2 aromatic carbocycles. The zero-order chi connectivity index (χ0) is 28.2. The number of fused-ring (bicyclic) bond motifs is 3. The Kier molecular flexibility index (Phi) is 9.05. The normalized spacial score (nSPS) is 20.2. The number of hydrogen-bond donors (Lipinski definition) is 2. The quantitative estimate of drug-likeness (QED) is 0.433. The molecule has 212 valence electrons. The summed E-state index contributed by atoms with van der Waals surface area (Å²) in [7, 11) is 0. The van der Waals surface area contributed by atoms with Gasteiger partial charge in [0.25, 0.3) is 5.91 Å². The number of rotatable bonds is 9. The van der Waals surface area contributed by atoms with E-state index in [9.17, 15) is 9.59 Å². The number of hydrogen-bond acceptors (Lipinski definition) is 6. The number of nitrogens with one attached hydrogen (secondary N) is 2. The van der Waals surface area contributed by atoms with Crippen LogP contribution in [-0.2, 0) is 4.74 Å². The number of likely N-dealkylation sites (tertiary alicyclic amines) is 1. The number of anilines is 1. The summed E-state index contributed by atoms with van der Waals surface area (Å²) in [6.45, 7) is 16.4. The summed E-state index contributed by atoms with van der Waals surface area (Å²) >= 11 is 0. The van der Waals surface area contributed by atoms with Crippen LogP contribution >= 0.6 is 0 Å². The molecule has 1 unspecified atom stereocenters. The number of ether oxygens (including phenoxy) is 2. The van der Waals surface area contributed by atoms with Gasteiger partial charge < -0.3 is 29.9 Å². The first-order valence-corrected chi connectivity index (χ1v) is 14.3. The average molecular weight is 537 g/mol. The average Bonchev–Trinajstić information content (AvgIpc) is 3.36. The summed E-state index contributed by atoms with van der Waals surface area (Å²) < 4.78 is 11.5. The monoisotopic (exact) mass is 536 g/mol. The second-order valence-corrected chi connectivity index (χ2v) is 11.3. The molecule has 2 heterocycles. The Bertz CT molecular complexity index is 1140. The number of carbonyl (C=O) groups is 2. The highest BCUT2D eigenvalue weighted by Crippen LogP contribution is 2.51. The van der Waals surface area contributed by atoms with Gasteiger partial charge in [0.1, 0.15) is 11.4 Å². The smallest absolute Gasteiger partial charge is 0.410 e. The Morgan fingerprint density at radius 3 is 2.44 bits per heavy atom.